The maximum Gasteiger partial charge on any atom is 0.313 e. The predicted octanol–water partition coefficient (Wildman–Crippen LogP) is 3.87. The molecule has 106 valence electrons. The van der Waals surface area contributed by atoms with Crippen LogP contribution in [0.3, 0.4) is 0 Å². The number of nitrogens with zero attached hydrogens (tertiary/aromatic N) is 2. The molecule has 1 aromatic heterocycles. The van der Waals surface area contributed by atoms with Crippen LogP contribution >= 0.6 is 46.0 Å². The van der Waals surface area contributed by atoms with Crippen LogP contribution in [0.15, 0.2) is 29.6 Å². The van der Waals surface area contributed by atoms with Gasteiger partial charge in [0.25, 0.3) is 0 Å². The molecule has 0 aliphatic heterocycles. The van der Waals surface area contributed by atoms with Crippen molar-refractivity contribution in [3.05, 3.63) is 38.7 Å². The van der Waals surface area contributed by atoms with Gasteiger partial charge in [-0.1, -0.05) is 30.3 Å². The monoisotopic (exact) mass is 422 g/mol. The van der Waals surface area contributed by atoms with Gasteiger partial charge in [-0.2, -0.15) is 0 Å². The SMILES string of the molecule is CCc1cnc(SCC(=O)O)n1-c1ccc(I)cc1Cl. The number of thioether (sulfide) groups is 1. The summed E-state index contributed by atoms with van der Waals surface area (Å²) in [6.07, 6.45) is 2.56. The van der Waals surface area contributed by atoms with Gasteiger partial charge in [0.05, 0.1) is 16.5 Å². The van der Waals surface area contributed by atoms with Gasteiger partial charge in [-0.15, -0.1) is 0 Å². The summed E-state index contributed by atoms with van der Waals surface area (Å²) in [7, 11) is 0. The molecule has 1 N–H and O–H groups in total. The van der Waals surface area contributed by atoms with Gasteiger partial charge >= 0.3 is 5.97 Å². The smallest absolute Gasteiger partial charge is 0.313 e. The number of hydrogen-bond acceptors (Lipinski definition) is 3. The highest BCUT2D eigenvalue weighted by atomic mass is 127. The van der Waals surface area contributed by atoms with E-state index in [1.165, 1.54) is 11.8 Å². The van der Waals surface area contributed by atoms with Gasteiger partial charge in [-0.3, -0.25) is 9.36 Å². The van der Waals surface area contributed by atoms with Crippen LogP contribution in [0.4, 0.5) is 0 Å². The normalized spacial score (nSPS) is 10.8. The van der Waals surface area contributed by atoms with Crippen LogP contribution in [0, 0.1) is 3.57 Å². The highest BCUT2D eigenvalue weighted by molar-refractivity contribution is 14.1. The fraction of sp³-hybridized carbons (Fsp3) is 0.231. The summed E-state index contributed by atoms with van der Waals surface area (Å²) in [5.41, 5.74) is 1.83. The zero-order valence-corrected chi connectivity index (χ0v) is 14.4. The number of aliphatic carboxylic acids is 1. The molecule has 0 unspecified atom stereocenters. The first-order chi connectivity index (χ1) is 9.52. The minimum Gasteiger partial charge on any atom is -0.481 e. The van der Waals surface area contributed by atoms with Crippen molar-refractivity contribution in [2.75, 3.05) is 5.75 Å². The molecule has 0 aliphatic rings. The molecule has 0 bridgehead atoms. The Morgan fingerprint density at radius 1 is 1.55 bits per heavy atom. The number of carbonyl (C=O) groups is 1. The Bertz CT molecular complexity index is 645. The predicted molar refractivity (Wildman–Crippen MR) is 89.0 cm³/mol. The Morgan fingerprint density at radius 2 is 2.30 bits per heavy atom. The molecule has 0 radical (unpaired) electrons. The van der Waals surface area contributed by atoms with E-state index in [2.05, 4.69) is 27.6 Å². The molecular weight excluding hydrogens is 411 g/mol. The largest absolute Gasteiger partial charge is 0.481 e. The van der Waals surface area contributed by atoms with E-state index in [0.717, 1.165) is 21.4 Å². The lowest BCUT2D eigenvalue weighted by molar-refractivity contribution is -0.133. The molecule has 2 rings (SSSR count). The van der Waals surface area contributed by atoms with E-state index in [1.807, 2.05) is 29.7 Å². The molecule has 2 aromatic rings. The van der Waals surface area contributed by atoms with E-state index in [9.17, 15) is 4.79 Å². The van der Waals surface area contributed by atoms with Crippen LogP contribution in [0.25, 0.3) is 5.69 Å². The van der Waals surface area contributed by atoms with Gasteiger partial charge in [0.2, 0.25) is 0 Å². The van der Waals surface area contributed by atoms with Gasteiger partial charge in [-0.05, 0) is 47.2 Å². The number of aromatic nitrogens is 2. The van der Waals surface area contributed by atoms with Gasteiger partial charge in [0, 0.05) is 15.5 Å². The fourth-order valence-corrected chi connectivity index (χ4v) is 3.43. The van der Waals surface area contributed by atoms with Crippen molar-refractivity contribution in [2.24, 2.45) is 0 Å². The third-order valence-corrected chi connectivity index (χ3v) is 4.55. The molecule has 0 aliphatic carbocycles. The lowest BCUT2D eigenvalue weighted by Gasteiger charge is -2.12. The molecular formula is C13H12ClIN2O2S. The molecule has 7 heteroatoms. The summed E-state index contributed by atoms with van der Waals surface area (Å²) >= 11 is 9.70. The van der Waals surface area contributed by atoms with Gasteiger partial charge in [0.15, 0.2) is 5.16 Å². The van der Waals surface area contributed by atoms with E-state index in [-0.39, 0.29) is 5.75 Å². The third kappa shape index (κ3) is 3.48. The number of benzene rings is 1. The van der Waals surface area contributed by atoms with Crippen LogP contribution in [0.2, 0.25) is 5.02 Å². The first kappa shape index (κ1) is 15.7. The molecule has 0 spiro atoms. The first-order valence-electron chi connectivity index (χ1n) is 5.89. The Morgan fingerprint density at radius 3 is 2.90 bits per heavy atom. The zero-order valence-electron chi connectivity index (χ0n) is 10.6. The summed E-state index contributed by atoms with van der Waals surface area (Å²) in [6, 6.07) is 5.77. The number of carboxylic acid groups (broad SMARTS) is 1. The first-order valence-corrected chi connectivity index (χ1v) is 8.33. The molecule has 0 amide bonds. The Hall–Kier alpha value is -0.730. The van der Waals surface area contributed by atoms with Crippen molar-refractivity contribution in [3.63, 3.8) is 0 Å². The Labute approximate surface area is 139 Å². The van der Waals surface area contributed by atoms with Gasteiger partial charge in [0.1, 0.15) is 0 Å². The van der Waals surface area contributed by atoms with E-state index < -0.39 is 5.97 Å². The van der Waals surface area contributed by atoms with Crippen molar-refractivity contribution < 1.29 is 9.90 Å². The third-order valence-electron chi connectivity index (χ3n) is 2.64. The van der Waals surface area contributed by atoms with Crippen LogP contribution in [-0.4, -0.2) is 26.4 Å². The van der Waals surface area contributed by atoms with E-state index in [0.29, 0.717) is 10.2 Å². The van der Waals surface area contributed by atoms with Crippen molar-refractivity contribution in [3.8, 4) is 5.69 Å². The number of rotatable bonds is 5. The van der Waals surface area contributed by atoms with E-state index in [1.54, 1.807) is 6.20 Å². The quantitative estimate of drug-likeness (QED) is 0.587. The molecule has 4 nitrogen and oxygen atoms in total. The van der Waals surface area contributed by atoms with Gasteiger partial charge < -0.3 is 5.11 Å². The second-order valence-electron chi connectivity index (χ2n) is 4.00. The Kier molecular flexibility index (Phi) is 5.34. The van der Waals surface area contributed by atoms with Crippen molar-refractivity contribution in [1.82, 2.24) is 9.55 Å². The zero-order chi connectivity index (χ0) is 14.7. The molecule has 0 fully saturated rings. The molecule has 1 heterocycles. The summed E-state index contributed by atoms with van der Waals surface area (Å²) in [4.78, 5) is 15.0. The van der Waals surface area contributed by atoms with Crippen LogP contribution in [0.1, 0.15) is 12.6 Å². The average molecular weight is 423 g/mol. The molecule has 1 aromatic carbocycles. The molecule has 0 saturated carbocycles. The molecule has 0 saturated heterocycles. The summed E-state index contributed by atoms with van der Waals surface area (Å²) < 4.78 is 2.97. The highest BCUT2D eigenvalue weighted by Gasteiger charge is 2.15. The van der Waals surface area contributed by atoms with E-state index in [4.69, 9.17) is 16.7 Å². The minimum atomic E-state index is -0.865. The number of halogens is 2. The molecule has 0 atom stereocenters. The van der Waals surface area contributed by atoms with Crippen LogP contribution < -0.4 is 0 Å². The maximum absolute atomic E-state index is 10.7. The van der Waals surface area contributed by atoms with Gasteiger partial charge in [-0.25, -0.2) is 4.98 Å². The number of imidazole rings is 1. The molecule has 20 heavy (non-hydrogen) atoms. The average Bonchev–Trinajstić information content (AvgIpc) is 2.79. The Balaban J connectivity index is 2.47. The van der Waals surface area contributed by atoms with Crippen molar-refractivity contribution >= 4 is 51.9 Å². The topological polar surface area (TPSA) is 55.1 Å². The summed E-state index contributed by atoms with van der Waals surface area (Å²) in [5.74, 6) is -0.890. The second-order valence-corrected chi connectivity index (χ2v) is 6.59. The number of aryl methyl sites for hydroxylation is 1. The van der Waals surface area contributed by atoms with Crippen LogP contribution in [0.5, 0.6) is 0 Å². The lowest BCUT2D eigenvalue weighted by Crippen LogP contribution is -2.04. The highest BCUT2D eigenvalue weighted by Crippen LogP contribution is 2.29. The lowest BCUT2D eigenvalue weighted by atomic mass is 10.3. The van der Waals surface area contributed by atoms with Crippen molar-refractivity contribution in [2.45, 2.75) is 18.5 Å². The van der Waals surface area contributed by atoms with Crippen molar-refractivity contribution in [1.29, 1.82) is 0 Å². The summed E-state index contributed by atoms with van der Waals surface area (Å²) in [5, 5.41) is 10.1. The second kappa shape index (κ2) is 6.82. The van der Waals surface area contributed by atoms with E-state index >= 15 is 0 Å². The standard InChI is InChI=1S/C13H12ClIN2O2S/c1-2-9-6-16-13(20-7-12(18)19)17(9)11-4-3-8(15)5-10(11)14/h3-6H,2,7H2,1H3,(H,18,19). The van der Waals surface area contributed by atoms with Crippen LogP contribution in [-0.2, 0) is 11.2 Å². The minimum absolute atomic E-state index is 0.0256. The maximum atomic E-state index is 10.7. The number of carboxylic acids is 1. The fourth-order valence-electron chi connectivity index (χ4n) is 1.77. The summed E-state index contributed by atoms with van der Waals surface area (Å²) in [6.45, 7) is 2.03. The number of hydrogen-bond donors (Lipinski definition) is 1.